The van der Waals surface area contributed by atoms with Gasteiger partial charge in [-0.1, -0.05) is 61.4 Å². The number of alkyl halides is 1. The summed E-state index contributed by atoms with van der Waals surface area (Å²) in [6, 6.07) is 0. The van der Waals surface area contributed by atoms with Gasteiger partial charge in [0, 0.05) is 24.3 Å². The largest absolute Gasteiger partial charge is 0.343 e. The van der Waals surface area contributed by atoms with Crippen LogP contribution in [0.3, 0.4) is 0 Å². The van der Waals surface area contributed by atoms with Gasteiger partial charge >= 0.3 is 0 Å². The van der Waals surface area contributed by atoms with Gasteiger partial charge < -0.3 is 4.90 Å². The second-order valence-corrected chi connectivity index (χ2v) is 6.72. The van der Waals surface area contributed by atoms with Crippen molar-refractivity contribution >= 4 is 21.8 Å². The molecule has 0 aromatic heterocycles. The average molecular weight is 318 g/mol. The zero-order valence-electron chi connectivity index (χ0n) is 11.8. The van der Waals surface area contributed by atoms with Gasteiger partial charge in [0.25, 0.3) is 0 Å². The molecule has 1 heterocycles. The molecular formula is C15H28BrNO. The van der Waals surface area contributed by atoms with E-state index in [-0.39, 0.29) is 0 Å². The maximum absolute atomic E-state index is 12.0. The highest BCUT2D eigenvalue weighted by molar-refractivity contribution is 9.09. The first-order chi connectivity index (χ1) is 8.74. The summed E-state index contributed by atoms with van der Waals surface area (Å²) < 4.78 is 0. The second-order valence-electron chi connectivity index (χ2n) is 5.43. The molecule has 0 aromatic carbocycles. The number of hydrogen-bond acceptors (Lipinski definition) is 1. The maximum Gasteiger partial charge on any atom is 0.222 e. The third kappa shape index (κ3) is 6.77. The normalized spacial score (nSPS) is 17.1. The molecule has 0 saturated carbocycles. The Labute approximate surface area is 121 Å². The minimum absolute atomic E-state index is 0.378. The first-order valence-electron chi connectivity index (χ1n) is 7.66. The van der Waals surface area contributed by atoms with Gasteiger partial charge in [0.2, 0.25) is 5.91 Å². The lowest BCUT2D eigenvalue weighted by Crippen LogP contribution is -2.38. The van der Waals surface area contributed by atoms with E-state index in [1.807, 2.05) is 0 Å². The number of piperidine rings is 1. The molecule has 1 aliphatic heterocycles. The maximum atomic E-state index is 12.0. The van der Waals surface area contributed by atoms with E-state index in [0.29, 0.717) is 10.7 Å². The Kier molecular flexibility index (Phi) is 8.74. The Hall–Kier alpha value is -0.0500. The molecule has 0 unspecified atom stereocenters. The summed E-state index contributed by atoms with van der Waals surface area (Å²) in [6.45, 7) is 4.14. The van der Waals surface area contributed by atoms with E-state index in [1.54, 1.807) is 0 Å². The van der Waals surface area contributed by atoms with Gasteiger partial charge in [-0.3, -0.25) is 4.79 Å². The Morgan fingerprint density at radius 1 is 1.06 bits per heavy atom. The number of unbranched alkanes of at least 4 members (excludes halogenated alkanes) is 6. The Bertz CT molecular complexity index is 225. The van der Waals surface area contributed by atoms with Gasteiger partial charge in [0.05, 0.1) is 0 Å². The van der Waals surface area contributed by atoms with Crippen molar-refractivity contribution in [2.75, 3.05) is 13.1 Å². The van der Waals surface area contributed by atoms with Gasteiger partial charge in [-0.15, -0.1) is 0 Å². The van der Waals surface area contributed by atoms with Gasteiger partial charge in [-0.25, -0.2) is 0 Å². The SMILES string of the molecule is CCCCCCCCCC(=O)N1CCC(Br)CC1. The Balaban J connectivity index is 1.96. The summed E-state index contributed by atoms with van der Waals surface area (Å²) in [5.41, 5.74) is 0. The van der Waals surface area contributed by atoms with Crippen LogP contribution >= 0.6 is 15.9 Å². The van der Waals surface area contributed by atoms with Crippen molar-refractivity contribution < 1.29 is 4.79 Å². The van der Waals surface area contributed by atoms with Gasteiger partial charge in [-0.05, 0) is 19.3 Å². The highest BCUT2D eigenvalue weighted by Gasteiger charge is 2.20. The molecule has 0 spiro atoms. The molecule has 3 heteroatoms. The fourth-order valence-corrected chi connectivity index (χ4v) is 2.90. The predicted molar refractivity (Wildman–Crippen MR) is 81.1 cm³/mol. The molecule has 0 aromatic rings. The Morgan fingerprint density at radius 2 is 1.61 bits per heavy atom. The molecular weight excluding hydrogens is 290 g/mol. The molecule has 1 aliphatic rings. The molecule has 0 atom stereocenters. The van der Waals surface area contributed by atoms with Crippen molar-refractivity contribution in [3.8, 4) is 0 Å². The molecule has 18 heavy (non-hydrogen) atoms. The summed E-state index contributed by atoms with van der Waals surface area (Å²) in [5, 5.41) is 0. The second kappa shape index (κ2) is 9.82. The molecule has 1 fully saturated rings. The van der Waals surface area contributed by atoms with Crippen LogP contribution < -0.4 is 0 Å². The van der Waals surface area contributed by atoms with Gasteiger partial charge in [0.15, 0.2) is 0 Å². The van der Waals surface area contributed by atoms with Crippen LogP contribution in [0.25, 0.3) is 0 Å². The van der Waals surface area contributed by atoms with E-state index in [0.717, 1.165) is 38.8 Å². The third-order valence-corrected chi connectivity index (χ3v) is 4.69. The van der Waals surface area contributed by atoms with Crippen LogP contribution in [-0.2, 0) is 4.79 Å². The van der Waals surface area contributed by atoms with E-state index in [2.05, 4.69) is 27.8 Å². The number of halogens is 1. The molecule has 0 radical (unpaired) electrons. The van der Waals surface area contributed by atoms with Crippen LogP contribution in [0, 0.1) is 0 Å². The van der Waals surface area contributed by atoms with Crippen LogP contribution in [0.4, 0.5) is 0 Å². The molecule has 1 saturated heterocycles. The quantitative estimate of drug-likeness (QED) is 0.476. The summed E-state index contributed by atoms with van der Waals surface area (Å²) in [7, 11) is 0. The van der Waals surface area contributed by atoms with E-state index in [9.17, 15) is 4.79 Å². The molecule has 2 nitrogen and oxygen atoms in total. The van der Waals surface area contributed by atoms with Crippen LogP contribution in [-0.4, -0.2) is 28.7 Å². The Morgan fingerprint density at radius 3 is 2.22 bits per heavy atom. The highest BCUT2D eigenvalue weighted by Crippen LogP contribution is 2.18. The lowest BCUT2D eigenvalue weighted by atomic mass is 10.1. The molecule has 0 bridgehead atoms. The van der Waals surface area contributed by atoms with E-state index < -0.39 is 0 Å². The predicted octanol–water partition coefficient (Wildman–Crippen LogP) is 4.51. The number of carbonyl (C=O) groups excluding carboxylic acids is 1. The van der Waals surface area contributed by atoms with E-state index in [4.69, 9.17) is 0 Å². The first kappa shape index (κ1) is 16.0. The zero-order chi connectivity index (χ0) is 13.2. The van der Waals surface area contributed by atoms with Gasteiger partial charge in [-0.2, -0.15) is 0 Å². The highest BCUT2D eigenvalue weighted by atomic mass is 79.9. The van der Waals surface area contributed by atoms with E-state index in [1.165, 1.54) is 38.5 Å². The van der Waals surface area contributed by atoms with Crippen molar-refractivity contribution in [3.63, 3.8) is 0 Å². The summed E-state index contributed by atoms with van der Waals surface area (Å²) in [4.78, 5) is 14.6. The average Bonchev–Trinajstić information content (AvgIpc) is 2.38. The number of nitrogens with zero attached hydrogens (tertiary/aromatic N) is 1. The lowest BCUT2D eigenvalue weighted by Gasteiger charge is -2.29. The number of likely N-dealkylation sites (tertiary alicyclic amines) is 1. The van der Waals surface area contributed by atoms with E-state index >= 15 is 0 Å². The van der Waals surface area contributed by atoms with Crippen LogP contribution in [0.2, 0.25) is 0 Å². The fourth-order valence-electron chi connectivity index (χ4n) is 2.49. The molecule has 1 amide bonds. The standard InChI is InChI=1S/C15H28BrNO/c1-2-3-4-5-6-7-8-9-15(18)17-12-10-14(16)11-13-17/h14H,2-13H2,1H3. The van der Waals surface area contributed by atoms with Crippen molar-refractivity contribution in [2.45, 2.75) is 76.0 Å². The number of carbonyl (C=O) groups is 1. The number of amides is 1. The minimum atomic E-state index is 0.378. The third-order valence-electron chi connectivity index (χ3n) is 3.77. The van der Waals surface area contributed by atoms with Crippen molar-refractivity contribution in [3.05, 3.63) is 0 Å². The summed E-state index contributed by atoms with van der Waals surface area (Å²) in [6.07, 6.45) is 12.0. The van der Waals surface area contributed by atoms with Crippen LogP contribution in [0.5, 0.6) is 0 Å². The van der Waals surface area contributed by atoms with Crippen molar-refractivity contribution in [2.24, 2.45) is 0 Å². The molecule has 1 rings (SSSR count). The molecule has 0 N–H and O–H groups in total. The van der Waals surface area contributed by atoms with Gasteiger partial charge in [0.1, 0.15) is 0 Å². The topological polar surface area (TPSA) is 20.3 Å². The minimum Gasteiger partial charge on any atom is -0.343 e. The first-order valence-corrected chi connectivity index (χ1v) is 8.57. The van der Waals surface area contributed by atoms with Crippen LogP contribution in [0.1, 0.15) is 71.1 Å². The lowest BCUT2D eigenvalue weighted by molar-refractivity contribution is -0.132. The number of rotatable bonds is 8. The summed E-state index contributed by atoms with van der Waals surface area (Å²) in [5.74, 6) is 0.378. The molecule has 106 valence electrons. The fraction of sp³-hybridized carbons (Fsp3) is 0.933. The monoisotopic (exact) mass is 317 g/mol. The summed E-state index contributed by atoms with van der Waals surface area (Å²) >= 11 is 3.62. The molecule has 0 aliphatic carbocycles. The zero-order valence-corrected chi connectivity index (χ0v) is 13.4. The van der Waals surface area contributed by atoms with Crippen molar-refractivity contribution in [1.82, 2.24) is 4.90 Å². The number of hydrogen-bond donors (Lipinski definition) is 0. The van der Waals surface area contributed by atoms with Crippen LogP contribution in [0.15, 0.2) is 0 Å². The van der Waals surface area contributed by atoms with Crippen molar-refractivity contribution in [1.29, 1.82) is 0 Å². The smallest absolute Gasteiger partial charge is 0.222 e.